The molecule has 2 heterocycles. The molecule has 0 spiro atoms. The number of piperidine rings is 1. The summed E-state index contributed by atoms with van der Waals surface area (Å²) in [5, 5.41) is 0. The molecule has 0 radical (unpaired) electrons. The fraction of sp³-hybridized carbons (Fsp3) is 0.500. The van der Waals surface area contributed by atoms with E-state index in [-0.39, 0.29) is 10.8 Å². The maximum atomic E-state index is 14.0. The number of sulfonamides is 1. The molecule has 1 saturated heterocycles. The summed E-state index contributed by atoms with van der Waals surface area (Å²) >= 11 is 0. The smallest absolute Gasteiger partial charge is 0.245 e. The van der Waals surface area contributed by atoms with Crippen LogP contribution in [-0.4, -0.2) is 56.1 Å². The number of ether oxygens (including phenoxy) is 2. The average Bonchev–Trinajstić information content (AvgIpc) is 2.72. The van der Waals surface area contributed by atoms with Gasteiger partial charge in [-0.25, -0.2) is 22.8 Å². The highest BCUT2D eigenvalue weighted by molar-refractivity contribution is 7.89. The lowest BCUT2D eigenvalue weighted by atomic mass is 9.92. The fourth-order valence-corrected chi connectivity index (χ4v) is 5.00. The molecule has 0 saturated carbocycles. The maximum Gasteiger partial charge on any atom is 0.245 e. The molecule has 1 fully saturated rings. The first-order chi connectivity index (χ1) is 13.9. The first kappa shape index (κ1) is 21.8. The molecule has 0 amide bonds. The zero-order valence-corrected chi connectivity index (χ0v) is 17.5. The van der Waals surface area contributed by atoms with E-state index < -0.39 is 15.8 Å². The molecule has 3 rings (SSSR count). The van der Waals surface area contributed by atoms with E-state index in [0.717, 1.165) is 11.3 Å². The summed E-state index contributed by atoms with van der Waals surface area (Å²) in [5.41, 5.74) is 1.81. The van der Waals surface area contributed by atoms with Gasteiger partial charge in [0.15, 0.2) is 0 Å². The molecule has 2 aromatic rings. The van der Waals surface area contributed by atoms with Gasteiger partial charge in [-0.05, 0) is 31.9 Å². The van der Waals surface area contributed by atoms with Crippen LogP contribution >= 0.6 is 0 Å². The number of nitrogens with zero attached hydrogens (tertiary/aromatic N) is 3. The van der Waals surface area contributed by atoms with Gasteiger partial charge < -0.3 is 9.47 Å². The lowest BCUT2D eigenvalue weighted by Gasteiger charge is -2.31. The van der Waals surface area contributed by atoms with E-state index in [4.69, 9.17) is 9.47 Å². The van der Waals surface area contributed by atoms with Gasteiger partial charge in [0.2, 0.25) is 10.0 Å². The van der Waals surface area contributed by atoms with Crippen LogP contribution in [-0.2, 0) is 26.1 Å². The van der Waals surface area contributed by atoms with Crippen LogP contribution in [0.2, 0.25) is 0 Å². The molecule has 0 aliphatic carbocycles. The van der Waals surface area contributed by atoms with Crippen LogP contribution in [0, 0.1) is 12.7 Å². The maximum absolute atomic E-state index is 14.0. The predicted octanol–water partition coefficient (Wildman–Crippen LogP) is 2.66. The van der Waals surface area contributed by atoms with E-state index >= 15 is 0 Å². The Morgan fingerprint density at radius 2 is 1.93 bits per heavy atom. The van der Waals surface area contributed by atoms with Gasteiger partial charge >= 0.3 is 0 Å². The highest BCUT2D eigenvalue weighted by atomic mass is 32.2. The Balaban J connectivity index is 1.71. The van der Waals surface area contributed by atoms with Crippen molar-refractivity contribution in [2.75, 3.05) is 33.4 Å². The van der Waals surface area contributed by atoms with Gasteiger partial charge in [0.1, 0.15) is 16.5 Å². The Kier molecular flexibility index (Phi) is 7.28. The second-order valence-electron chi connectivity index (χ2n) is 6.98. The van der Waals surface area contributed by atoms with Crippen molar-refractivity contribution in [2.24, 2.45) is 0 Å². The number of halogens is 1. The third kappa shape index (κ3) is 5.16. The largest absolute Gasteiger partial charge is 0.382 e. The molecule has 0 unspecified atom stereocenters. The minimum Gasteiger partial charge on any atom is -0.382 e. The summed E-state index contributed by atoms with van der Waals surface area (Å²) in [6, 6.07) is 5.48. The predicted molar refractivity (Wildman–Crippen MR) is 105 cm³/mol. The highest BCUT2D eigenvalue weighted by Crippen LogP contribution is 2.32. The van der Waals surface area contributed by atoms with Gasteiger partial charge in [-0.15, -0.1) is 0 Å². The molecule has 7 nitrogen and oxygen atoms in total. The number of hydrogen-bond donors (Lipinski definition) is 0. The van der Waals surface area contributed by atoms with Gasteiger partial charge in [-0.2, -0.15) is 4.31 Å². The quantitative estimate of drug-likeness (QED) is 0.607. The lowest BCUT2D eigenvalue weighted by Crippen LogP contribution is -2.38. The fourth-order valence-electron chi connectivity index (χ4n) is 3.46. The Morgan fingerprint density at radius 3 is 2.62 bits per heavy atom. The summed E-state index contributed by atoms with van der Waals surface area (Å²) in [6.07, 6.45) is 2.98. The first-order valence-electron chi connectivity index (χ1n) is 9.57. The molecule has 0 atom stereocenters. The molecule has 1 aliphatic heterocycles. The van der Waals surface area contributed by atoms with Gasteiger partial charge in [0, 0.05) is 37.9 Å². The van der Waals surface area contributed by atoms with Crippen LogP contribution < -0.4 is 0 Å². The molecule has 1 aliphatic rings. The van der Waals surface area contributed by atoms with Crippen LogP contribution in [0.5, 0.6) is 0 Å². The minimum absolute atomic E-state index is 0.102. The molecular formula is C20H26FN3O4S. The summed E-state index contributed by atoms with van der Waals surface area (Å²) in [5.74, 6) is 0.0448. The number of methoxy groups -OCH3 is 1. The minimum atomic E-state index is -3.85. The monoisotopic (exact) mass is 423 g/mol. The Hall–Kier alpha value is -1.94. The summed E-state index contributed by atoms with van der Waals surface area (Å²) < 4.78 is 51.6. The van der Waals surface area contributed by atoms with E-state index in [2.05, 4.69) is 9.97 Å². The van der Waals surface area contributed by atoms with Crippen molar-refractivity contribution >= 4 is 10.0 Å². The Bertz CT molecular complexity index is 931. The Labute approximate surface area is 170 Å². The lowest BCUT2D eigenvalue weighted by molar-refractivity contribution is 0.0608. The van der Waals surface area contributed by atoms with Crippen LogP contribution in [0.1, 0.15) is 35.8 Å². The molecular weight excluding hydrogens is 397 g/mol. The van der Waals surface area contributed by atoms with Crippen LogP contribution in [0.25, 0.3) is 0 Å². The van der Waals surface area contributed by atoms with Crippen molar-refractivity contribution in [1.29, 1.82) is 0 Å². The van der Waals surface area contributed by atoms with Crippen molar-refractivity contribution in [3.05, 3.63) is 53.4 Å². The van der Waals surface area contributed by atoms with Crippen molar-refractivity contribution in [2.45, 2.75) is 37.2 Å². The van der Waals surface area contributed by atoms with Crippen LogP contribution in [0.15, 0.2) is 35.4 Å². The third-order valence-corrected chi connectivity index (χ3v) is 6.93. The van der Waals surface area contributed by atoms with Crippen molar-refractivity contribution < 1.29 is 22.3 Å². The van der Waals surface area contributed by atoms with E-state index in [9.17, 15) is 12.8 Å². The summed E-state index contributed by atoms with van der Waals surface area (Å²) in [4.78, 5) is 8.60. The second kappa shape index (κ2) is 9.71. The molecule has 29 heavy (non-hydrogen) atoms. The number of hydrogen-bond acceptors (Lipinski definition) is 6. The SMILES string of the molecule is COCCOCc1cnc(C)nc1C1CCN(S(=O)(=O)c2ccccc2F)CC1. The molecule has 0 N–H and O–H groups in total. The normalized spacial score (nSPS) is 16.2. The average molecular weight is 424 g/mol. The summed E-state index contributed by atoms with van der Waals surface area (Å²) in [6.45, 7) is 3.82. The van der Waals surface area contributed by atoms with Gasteiger partial charge in [-0.1, -0.05) is 12.1 Å². The van der Waals surface area contributed by atoms with E-state index in [0.29, 0.717) is 51.6 Å². The van der Waals surface area contributed by atoms with Crippen molar-refractivity contribution in [3.63, 3.8) is 0 Å². The molecule has 1 aromatic carbocycles. The summed E-state index contributed by atoms with van der Waals surface area (Å²) in [7, 11) is -2.23. The van der Waals surface area contributed by atoms with Crippen molar-refractivity contribution in [1.82, 2.24) is 14.3 Å². The number of aryl methyl sites for hydroxylation is 1. The van der Waals surface area contributed by atoms with Gasteiger partial charge in [0.25, 0.3) is 0 Å². The number of rotatable bonds is 8. The van der Waals surface area contributed by atoms with Gasteiger partial charge in [-0.3, -0.25) is 0 Å². The van der Waals surface area contributed by atoms with Crippen LogP contribution in [0.4, 0.5) is 4.39 Å². The van der Waals surface area contributed by atoms with E-state index in [1.54, 1.807) is 13.3 Å². The standard InChI is InChI=1S/C20H26FN3O4S/c1-15-22-13-17(14-28-12-11-27-2)20(23-15)16-7-9-24(10-8-16)29(25,26)19-6-4-3-5-18(19)21/h3-6,13,16H,7-12,14H2,1-2H3. The zero-order valence-electron chi connectivity index (χ0n) is 16.7. The molecule has 1 aromatic heterocycles. The molecule has 158 valence electrons. The zero-order chi connectivity index (χ0) is 20.9. The van der Waals surface area contributed by atoms with Gasteiger partial charge in [0.05, 0.1) is 25.5 Å². The van der Waals surface area contributed by atoms with Crippen molar-refractivity contribution in [3.8, 4) is 0 Å². The van der Waals surface area contributed by atoms with E-state index in [1.165, 1.54) is 28.6 Å². The first-order valence-corrected chi connectivity index (χ1v) is 11.0. The third-order valence-electron chi connectivity index (χ3n) is 5.00. The van der Waals surface area contributed by atoms with Crippen LogP contribution in [0.3, 0.4) is 0 Å². The second-order valence-corrected chi connectivity index (χ2v) is 8.89. The number of benzene rings is 1. The molecule has 0 bridgehead atoms. The number of aromatic nitrogens is 2. The molecule has 9 heteroatoms. The van der Waals surface area contributed by atoms with E-state index in [1.807, 2.05) is 6.92 Å². The highest BCUT2D eigenvalue weighted by Gasteiger charge is 2.32. The topological polar surface area (TPSA) is 81.6 Å². The Morgan fingerprint density at radius 1 is 1.21 bits per heavy atom.